The van der Waals surface area contributed by atoms with Gasteiger partial charge in [-0.05, 0) is 43.9 Å². The zero-order valence-electron chi connectivity index (χ0n) is 11.0. The molecule has 1 atom stereocenters. The van der Waals surface area contributed by atoms with Crippen LogP contribution in [0.1, 0.15) is 19.8 Å². The zero-order chi connectivity index (χ0) is 14.3. The van der Waals surface area contributed by atoms with Gasteiger partial charge in [0.15, 0.2) is 0 Å². The molecule has 1 aliphatic carbocycles. The summed E-state index contributed by atoms with van der Waals surface area (Å²) in [4.78, 5) is 24.4. The quantitative estimate of drug-likeness (QED) is 0.837. The van der Waals surface area contributed by atoms with Crippen molar-refractivity contribution in [3.05, 3.63) is 23.2 Å². The number of hydrogen-bond donors (Lipinski definition) is 2. The molecule has 0 bridgehead atoms. The van der Waals surface area contributed by atoms with Crippen LogP contribution in [0.3, 0.4) is 0 Å². The third-order valence-electron chi connectivity index (χ3n) is 3.62. The number of carbonyl (C=O) groups excluding carboxylic acids is 2. The van der Waals surface area contributed by atoms with Gasteiger partial charge in [-0.2, -0.15) is 0 Å². The van der Waals surface area contributed by atoms with Crippen molar-refractivity contribution in [2.75, 3.05) is 11.9 Å². The minimum absolute atomic E-state index is 0.414. The predicted molar refractivity (Wildman–Crippen MR) is 74.8 cm³/mol. The molecule has 1 aliphatic heterocycles. The van der Waals surface area contributed by atoms with Crippen LogP contribution in [0.5, 0.6) is 5.75 Å². The SMILES string of the molecule is C[C@]1(C(=O)NCC2CC2)Oc2ccc(Cl)cc2NC1=O. The molecule has 0 radical (unpaired) electrons. The molecule has 2 N–H and O–H groups in total. The molecule has 6 heteroatoms. The summed E-state index contributed by atoms with van der Waals surface area (Å²) in [7, 11) is 0. The third-order valence-corrected chi connectivity index (χ3v) is 3.85. The summed E-state index contributed by atoms with van der Waals surface area (Å²) in [5.41, 5.74) is -1.06. The van der Waals surface area contributed by atoms with Gasteiger partial charge in [-0.3, -0.25) is 9.59 Å². The van der Waals surface area contributed by atoms with E-state index in [0.29, 0.717) is 28.9 Å². The molecule has 0 aromatic heterocycles. The Balaban J connectivity index is 1.80. The summed E-state index contributed by atoms with van der Waals surface area (Å²) in [6.07, 6.45) is 2.26. The van der Waals surface area contributed by atoms with Gasteiger partial charge in [0.25, 0.3) is 17.4 Å². The van der Waals surface area contributed by atoms with Gasteiger partial charge >= 0.3 is 0 Å². The molecule has 1 aromatic rings. The van der Waals surface area contributed by atoms with Gasteiger partial charge in [0.1, 0.15) is 5.75 Å². The van der Waals surface area contributed by atoms with E-state index in [0.717, 1.165) is 12.8 Å². The standard InChI is InChI=1S/C14H15ClN2O3/c1-14(12(18)16-7-8-2-3-8)13(19)17-10-6-9(15)4-5-11(10)20-14/h4-6,8H,2-3,7H2,1H3,(H,16,18)(H,17,19)/t14-/m1/s1. The molecule has 1 aromatic carbocycles. The van der Waals surface area contributed by atoms with Crippen LogP contribution in [0, 0.1) is 5.92 Å². The van der Waals surface area contributed by atoms with Crippen molar-refractivity contribution in [1.29, 1.82) is 0 Å². The van der Waals surface area contributed by atoms with E-state index in [9.17, 15) is 9.59 Å². The number of hydrogen-bond acceptors (Lipinski definition) is 3. The summed E-state index contributed by atoms with van der Waals surface area (Å²) in [5, 5.41) is 5.94. The lowest BCUT2D eigenvalue weighted by molar-refractivity contribution is -0.146. The fourth-order valence-electron chi connectivity index (χ4n) is 2.07. The molecule has 2 aliphatic rings. The lowest BCUT2D eigenvalue weighted by Crippen LogP contribution is -2.58. The Bertz CT molecular complexity index is 586. The fraction of sp³-hybridized carbons (Fsp3) is 0.429. The normalized spacial score (nSPS) is 24.4. The van der Waals surface area contributed by atoms with E-state index < -0.39 is 17.4 Å². The maximum atomic E-state index is 12.2. The molecule has 2 amide bonds. The van der Waals surface area contributed by atoms with E-state index in [1.54, 1.807) is 18.2 Å². The first-order valence-corrected chi connectivity index (χ1v) is 6.95. The molecule has 20 heavy (non-hydrogen) atoms. The van der Waals surface area contributed by atoms with Gasteiger partial charge in [-0.15, -0.1) is 0 Å². The van der Waals surface area contributed by atoms with Gasteiger partial charge in [0, 0.05) is 11.6 Å². The minimum atomic E-state index is -1.55. The number of anilines is 1. The fourth-order valence-corrected chi connectivity index (χ4v) is 2.25. The Morgan fingerprint density at radius 3 is 3.00 bits per heavy atom. The summed E-state index contributed by atoms with van der Waals surface area (Å²) < 4.78 is 5.62. The van der Waals surface area contributed by atoms with Gasteiger partial charge in [0.2, 0.25) is 0 Å². The average Bonchev–Trinajstić information content (AvgIpc) is 3.22. The molecule has 0 unspecified atom stereocenters. The number of rotatable bonds is 3. The topological polar surface area (TPSA) is 67.4 Å². The monoisotopic (exact) mass is 294 g/mol. The number of halogens is 1. The highest BCUT2D eigenvalue weighted by Gasteiger charge is 2.47. The average molecular weight is 295 g/mol. The third kappa shape index (κ3) is 2.33. The number of carbonyl (C=O) groups is 2. The van der Waals surface area contributed by atoms with Gasteiger partial charge < -0.3 is 15.4 Å². The van der Waals surface area contributed by atoms with Crippen molar-refractivity contribution in [1.82, 2.24) is 5.32 Å². The van der Waals surface area contributed by atoms with Crippen molar-refractivity contribution < 1.29 is 14.3 Å². The van der Waals surface area contributed by atoms with Gasteiger partial charge in [-0.25, -0.2) is 0 Å². The van der Waals surface area contributed by atoms with E-state index in [1.807, 2.05) is 0 Å². The van der Waals surface area contributed by atoms with Gasteiger partial charge in [-0.1, -0.05) is 11.6 Å². The summed E-state index contributed by atoms with van der Waals surface area (Å²) >= 11 is 5.86. The van der Waals surface area contributed by atoms with Crippen LogP contribution < -0.4 is 15.4 Å². The molecule has 1 saturated carbocycles. The van der Waals surface area contributed by atoms with Crippen LogP contribution in [0.2, 0.25) is 5.02 Å². The Labute approximate surface area is 121 Å². The van der Waals surface area contributed by atoms with E-state index in [1.165, 1.54) is 6.92 Å². The zero-order valence-corrected chi connectivity index (χ0v) is 11.8. The van der Waals surface area contributed by atoms with Crippen LogP contribution in [-0.4, -0.2) is 24.0 Å². The Morgan fingerprint density at radius 2 is 2.30 bits per heavy atom. The first-order valence-electron chi connectivity index (χ1n) is 6.57. The number of amides is 2. The van der Waals surface area contributed by atoms with E-state index in [2.05, 4.69) is 10.6 Å². The van der Waals surface area contributed by atoms with Crippen molar-refractivity contribution in [2.45, 2.75) is 25.4 Å². The Hall–Kier alpha value is -1.75. The second-order valence-electron chi connectivity index (χ2n) is 5.38. The first kappa shape index (κ1) is 13.2. The van der Waals surface area contributed by atoms with Crippen LogP contribution in [-0.2, 0) is 9.59 Å². The maximum absolute atomic E-state index is 12.2. The van der Waals surface area contributed by atoms with Crippen molar-refractivity contribution in [3.63, 3.8) is 0 Å². The van der Waals surface area contributed by atoms with E-state index in [4.69, 9.17) is 16.3 Å². The van der Waals surface area contributed by atoms with Crippen LogP contribution in [0.15, 0.2) is 18.2 Å². The second-order valence-corrected chi connectivity index (χ2v) is 5.82. The molecular formula is C14H15ClN2O3. The number of fused-ring (bicyclic) bond motifs is 1. The highest BCUT2D eigenvalue weighted by Crippen LogP contribution is 2.35. The lowest BCUT2D eigenvalue weighted by Gasteiger charge is -2.33. The largest absolute Gasteiger partial charge is 0.466 e. The molecule has 3 rings (SSSR count). The number of ether oxygens (including phenoxy) is 1. The highest BCUT2D eigenvalue weighted by molar-refractivity contribution is 6.31. The number of benzene rings is 1. The van der Waals surface area contributed by atoms with Crippen LogP contribution in [0.4, 0.5) is 5.69 Å². The molecule has 1 fully saturated rings. The van der Waals surface area contributed by atoms with Crippen molar-refractivity contribution in [3.8, 4) is 5.75 Å². The molecule has 0 saturated heterocycles. The van der Waals surface area contributed by atoms with Crippen molar-refractivity contribution >= 4 is 29.1 Å². The Morgan fingerprint density at radius 1 is 1.55 bits per heavy atom. The Kier molecular flexibility index (Phi) is 3.09. The number of nitrogens with one attached hydrogen (secondary N) is 2. The predicted octanol–water partition coefficient (Wildman–Crippen LogP) is 1.96. The smallest absolute Gasteiger partial charge is 0.278 e. The minimum Gasteiger partial charge on any atom is -0.466 e. The molecule has 0 spiro atoms. The van der Waals surface area contributed by atoms with Crippen molar-refractivity contribution in [2.24, 2.45) is 5.92 Å². The molecule has 1 heterocycles. The molecular weight excluding hydrogens is 280 g/mol. The lowest BCUT2D eigenvalue weighted by atomic mass is 10.0. The van der Waals surface area contributed by atoms with Crippen LogP contribution in [0.25, 0.3) is 0 Å². The highest BCUT2D eigenvalue weighted by atomic mass is 35.5. The summed E-state index contributed by atoms with van der Waals surface area (Å²) in [6.45, 7) is 2.07. The second kappa shape index (κ2) is 4.66. The van der Waals surface area contributed by atoms with E-state index >= 15 is 0 Å². The van der Waals surface area contributed by atoms with E-state index in [-0.39, 0.29) is 0 Å². The van der Waals surface area contributed by atoms with Gasteiger partial charge in [0.05, 0.1) is 5.69 Å². The molecule has 106 valence electrons. The maximum Gasteiger partial charge on any atom is 0.278 e. The molecule has 5 nitrogen and oxygen atoms in total. The summed E-state index contributed by atoms with van der Waals surface area (Å²) in [6, 6.07) is 4.89. The summed E-state index contributed by atoms with van der Waals surface area (Å²) in [5.74, 6) is 0.0847. The first-order chi connectivity index (χ1) is 9.49. The van der Waals surface area contributed by atoms with Crippen LogP contribution >= 0.6 is 11.6 Å².